The number of likely N-dealkylation sites (tertiary alicyclic amines) is 1. The number of hydrogen-bond donors (Lipinski definition) is 0. The van der Waals surface area contributed by atoms with Crippen molar-refractivity contribution in [3.8, 4) is 5.75 Å². The molecule has 4 aliphatic rings. The number of nitrogens with zero attached hydrogens (tertiary/aromatic N) is 1. The molecule has 1 aromatic carbocycles. The first kappa shape index (κ1) is 15.2. The van der Waals surface area contributed by atoms with Crippen molar-refractivity contribution < 1.29 is 14.2 Å². The topological polar surface area (TPSA) is 30.9 Å². The molecule has 3 fully saturated rings. The van der Waals surface area contributed by atoms with Gasteiger partial charge in [0.15, 0.2) is 5.79 Å². The van der Waals surface area contributed by atoms with E-state index in [4.69, 9.17) is 14.2 Å². The summed E-state index contributed by atoms with van der Waals surface area (Å²) in [7, 11) is 4.07. The van der Waals surface area contributed by atoms with Gasteiger partial charge in [-0.05, 0) is 62.0 Å². The second-order valence-electron chi connectivity index (χ2n) is 8.11. The summed E-state index contributed by atoms with van der Waals surface area (Å²) >= 11 is 0. The van der Waals surface area contributed by atoms with Gasteiger partial charge in [0.25, 0.3) is 0 Å². The van der Waals surface area contributed by atoms with Crippen LogP contribution in [0.3, 0.4) is 0 Å². The van der Waals surface area contributed by atoms with E-state index in [-0.39, 0.29) is 11.2 Å². The molecule has 3 atom stereocenters. The molecule has 1 saturated carbocycles. The molecule has 0 N–H and O–H groups in total. The van der Waals surface area contributed by atoms with Crippen LogP contribution in [0.2, 0.25) is 0 Å². The lowest BCUT2D eigenvalue weighted by molar-refractivity contribution is -0.212. The number of rotatable bonds is 1. The van der Waals surface area contributed by atoms with E-state index >= 15 is 0 Å². The van der Waals surface area contributed by atoms with Crippen LogP contribution >= 0.6 is 0 Å². The fourth-order valence-electron chi connectivity index (χ4n) is 6.06. The molecule has 5 rings (SSSR count). The monoisotopic (exact) mass is 329 g/mol. The van der Waals surface area contributed by atoms with Gasteiger partial charge >= 0.3 is 0 Å². The van der Waals surface area contributed by atoms with Gasteiger partial charge in [-0.3, -0.25) is 0 Å². The van der Waals surface area contributed by atoms with Gasteiger partial charge in [0.2, 0.25) is 0 Å². The Bertz CT molecular complexity index is 654. The molecule has 4 nitrogen and oxygen atoms in total. The highest BCUT2D eigenvalue weighted by atomic mass is 16.7. The number of hydrogen-bond acceptors (Lipinski definition) is 4. The summed E-state index contributed by atoms with van der Waals surface area (Å²) in [5, 5.41) is 0. The maximum atomic E-state index is 6.15. The lowest BCUT2D eigenvalue weighted by Gasteiger charge is -2.60. The predicted octanol–water partition coefficient (Wildman–Crippen LogP) is 2.74. The lowest BCUT2D eigenvalue weighted by atomic mass is 9.51. The SMILES string of the molecule is COc1ccc2c(c1)[C@]13CCN(C)C(C2)[C@@H]1CCC1(C3)OCCO1. The third-order valence-electron chi connectivity index (χ3n) is 7.17. The molecule has 2 aliphatic carbocycles. The minimum atomic E-state index is -0.339. The zero-order chi connectivity index (χ0) is 16.4. The average Bonchev–Trinajstić information content (AvgIpc) is 3.05. The van der Waals surface area contributed by atoms with Gasteiger partial charge in [0.1, 0.15) is 5.75 Å². The van der Waals surface area contributed by atoms with Crippen molar-refractivity contribution >= 4 is 0 Å². The molecular formula is C20H27NO3. The highest BCUT2D eigenvalue weighted by Crippen LogP contribution is 2.59. The van der Waals surface area contributed by atoms with Crippen molar-refractivity contribution in [1.29, 1.82) is 0 Å². The molecule has 2 saturated heterocycles. The quantitative estimate of drug-likeness (QED) is 0.793. The Morgan fingerprint density at radius 2 is 2.04 bits per heavy atom. The summed E-state index contributed by atoms with van der Waals surface area (Å²) in [6.07, 6.45) is 5.61. The summed E-state index contributed by atoms with van der Waals surface area (Å²) in [6.45, 7) is 2.65. The fraction of sp³-hybridized carbons (Fsp3) is 0.700. The number of benzene rings is 1. The van der Waals surface area contributed by atoms with Crippen molar-refractivity contribution in [2.75, 3.05) is 33.9 Å². The minimum Gasteiger partial charge on any atom is -0.497 e. The first-order chi connectivity index (χ1) is 11.7. The van der Waals surface area contributed by atoms with E-state index in [1.165, 1.54) is 24.0 Å². The van der Waals surface area contributed by atoms with Crippen LogP contribution < -0.4 is 4.74 Å². The van der Waals surface area contributed by atoms with Gasteiger partial charge in [-0.2, -0.15) is 0 Å². The smallest absolute Gasteiger partial charge is 0.169 e. The normalized spacial score (nSPS) is 37.1. The van der Waals surface area contributed by atoms with Gasteiger partial charge in [0, 0.05) is 24.3 Å². The average molecular weight is 329 g/mol. The first-order valence-corrected chi connectivity index (χ1v) is 9.31. The highest BCUT2D eigenvalue weighted by molar-refractivity contribution is 5.46. The van der Waals surface area contributed by atoms with Crippen molar-refractivity contribution in [1.82, 2.24) is 4.90 Å². The molecule has 1 aromatic rings. The van der Waals surface area contributed by atoms with E-state index in [0.29, 0.717) is 12.0 Å². The minimum absolute atomic E-state index is 0.182. The zero-order valence-electron chi connectivity index (χ0n) is 14.7. The molecule has 130 valence electrons. The number of piperidine rings is 1. The molecule has 2 bridgehead atoms. The van der Waals surface area contributed by atoms with Crippen LogP contribution in [0.4, 0.5) is 0 Å². The lowest BCUT2D eigenvalue weighted by Crippen LogP contribution is -2.63. The fourth-order valence-corrected chi connectivity index (χ4v) is 6.06. The molecule has 1 spiro atoms. The van der Waals surface area contributed by atoms with Crippen molar-refractivity contribution in [3.05, 3.63) is 29.3 Å². The van der Waals surface area contributed by atoms with Gasteiger partial charge in [-0.1, -0.05) is 6.07 Å². The summed E-state index contributed by atoms with van der Waals surface area (Å²) in [6, 6.07) is 7.36. The molecule has 0 amide bonds. The molecule has 2 aliphatic heterocycles. The largest absolute Gasteiger partial charge is 0.497 e. The molecular weight excluding hydrogens is 302 g/mol. The molecule has 24 heavy (non-hydrogen) atoms. The van der Waals surface area contributed by atoms with E-state index in [2.05, 4.69) is 30.1 Å². The van der Waals surface area contributed by atoms with E-state index in [9.17, 15) is 0 Å². The van der Waals surface area contributed by atoms with Crippen molar-refractivity contribution in [3.63, 3.8) is 0 Å². The summed E-state index contributed by atoms with van der Waals surface area (Å²) in [4.78, 5) is 2.59. The first-order valence-electron chi connectivity index (χ1n) is 9.31. The number of ether oxygens (including phenoxy) is 3. The second-order valence-corrected chi connectivity index (χ2v) is 8.11. The van der Waals surface area contributed by atoms with Crippen LogP contribution in [-0.2, 0) is 21.3 Å². The number of likely N-dealkylation sites (N-methyl/N-ethyl adjacent to an activating group) is 1. The van der Waals surface area contributed by atoms with Gasteiger partial charge in [-0.25, -0.2) is 0 Å². The molecule has 2 heterocycles. The van der Waals surface area contributed by atoms with Gasteiger partial charge in [-0.15, -0.1) is 0 Å². The zero-order valence-corrected chi connectivity index (χ0v) is 14.7. The summed E-state index contributed by atoms with van der Waals surface area (Å²) in [5.74, 6) is 1.34. The van der Waals surface area contributed by atoms with E-state index in [1.54, 1.807) is 7.11 Å². The number of fused-ring (bicyclic) bond motifs is 1. The molecule has 4 heteroatoms. The maximum Gasteiger partial charge on any atom is 0.169 e. The third kappa shape index (κ3) is 1.97. The van der Waals surface area contributed by atoms with Crippen molar-refractivity contribution in [2.45, 2.75) is 49.3 Å². The van der Waals surface area contributed by atoms with Crippen LogP contribution in [-0.4, -0.2) is 50.6 Å². The second kappa shape index (κ2) is 5.20. The van der Waals surface area contributed by atoms with Crippen LogP contribution in [0.5, 0.6) is 5.75 Å². The van der Waals surface area contributed by atoms with Crippen LogP contribution in [0.1, 0.15) is 36.8 Å². The Kier molecular flexibility index (Phi) is 3.29. The Labute approximate surface area is 144 Å². The van der Waals surface area contributed by atoms with Crippen LogP contribution in [0, 0.1) is 5.92 Å². The Balaban J connectivity index is 1.65. The molecule has 1 unspecified atom stereocenters. The van der Waals surface area contributed by atoms with Crippen LogP contribution in [0.15, 0.2) is 18.2 Å². The Morgan fingerprint density at radius 3 is 2.83 bits per heavy atom. The molecule has 0 aromatic heterocycles. The van der Waals surface area contributed by atoms with E-state index in [1.807, 2.05) is 0 Å². The Morgan fingerprint density at radius 1 is 1.21 bits per heavy atom. The van der Waals surface area contributed by atoms with E-state index in [0.717, 1.165) is 44.8 Å². The highest BCUT2D eigenvalue weighted by Gasteiger charge is 2.60. The third-order valence-corrected chi connectivity index (χ3v) is 7.17. The van der Waals surface area contributed by atoms with Crippen molar-refractivity contribution in [2.24, 2.45) is 5.92 Å². The van der Waals surface area contributed by atoms with Crippen LogP contribution in [0.25, 0.3) is 0 Å². The summed E-state index contributed by atoms with van der Waals surface area (Å²) < 4.78 is 17.9. The molecule has 0 radical (unpaired) electrons. The standard InChI is InChI=1S/C20H27NO3/c1-21-8-7-19-13-20(23-9-10-24-20)6-5-16(19)18(21)11-14-3-4-15(22-2)12-17(14)19/h3-4,12,16,18H,5-11,13H2,1-2H3/t16-,18?,19-/m0/s1. The number of methoxy groups -OCH3 is 1. The maximum absolute atomic E-state index is 6.15. The Hall–Kier alpha value is -1.10. The van der Waals surface area contributed by atoms with Gasteiger partial charge < -0.3 is 19.1 Å². The summed E-state index contributed by atoms with van der Waals surface area (Å²) in [5.41, 5.74) is 3.19. The predicted molar refractivity (Wildman–Crippen MR) is 91.4 cm³/mol. The van der Waals surface area contributed by atoms with E-state index < -0.39 is 0 Å². The van der Waals surface area contributed by atoms with Gasteiger partial charge in [0.05, 0.1) is 20.3 Å².